The van der Waals surface area contributed by atoms with Crippen molar-refractivity contribution in [2.75, 3.05) is 13.2 Å². The van der Waals surface area contributed by atoms with E-state index in [9.17, 15) is 4.79 Å². The topological polar surface area (TPSA) is 32.8 Å². The monoisotopic (exact) mass is 376 g/mol. The maximum atomic E-state index is 12.7. The minimum Gasteiger partial charge on any atom is -0.273 e. The van der Waals surface area contributed by atoms with Crippen LogP contribution in [0.25, 0.3) is 0 Å². The van der Waals surface area contributed by atoms with E-state index in [4.69, 9.17) is 4.84 Å². The van der Waals surface area contributed by atoms with Gasteiger partial charge in [-0.05, 0) is 29.0 Å². The van der Waals surface area contributed by atoms with Gasteiger partial charge >= 0.3 is 0 Å². The summed E-state index contributed by atoms with van der Waals surface area (Å²) in [5.41, 5.74) is 3.77. The minimum atomic E-state index is -0.134. The second kappa shape index (κ2) is 8.29. The molecule has 1 saturated heterocycles. The normalized spacial score (nSPS) is 23.8. The highest BCUT2D eigenvalue weighted by atomic mass is 16.7. The molecule has 0 aliphatic carbocycles. The molecule has 2 bridgehead atoms. The van der Waals surface area contributed by atoms with Crippen LogP contribution >= 0.6 is 0 Å². The van der Waals surface area contributed by atoms with Crippen LogP contribution in [0.3, 0.4) is 0 Å². The molecule has 0 radical (unpaired) electrons. The third-order valence-electron chi connectivity index (χ3n) is 5.60. The summed E-state index contributed by atoms with van der Waals surface area (Å²) in [5, 5.41) is 1.56. The number of hydrogen-bond acceptors (Lipinski definition) is 3. The highest BCUT2D eigenvalue weighted by Crippen LogP contribution is 2.35. The first kappa shape index (κ1) is 18.9. The molecule has 0 saturated carbocycles. The van der Waals surface area contributed by atoms with Crippen molar-refractivity contribution in [3.8, 4) is 0 Å². The molecule has 3 atom stereocenters. The van der Waals surface area contributed by atoms with E-state index in [1.165, 1.54) is 16.7 Å². The molecule has 0 N–H and O–H groups in total. The first-order chi connectivity index (χ1) is 13.6. The molecule has 0 aromatic heterocycles. The minimum absolute atomic E-state index is 0.0449. The molecule has 2 aromatic carbocycles. The van der Waals surface area contributed by atoms with Crippen molar-refractivity contribution in [1.82, 2.24) is 9.96 Å². The van der Waals surface area contributed by atoms with Gasteiger partial charge in [0.2, 0.25) is 5.91 Å². The summed E-state index contributed by atoms with van der Waals surface area (Å²) in [6, 6.07) is 19.0. The second-order valence-corrected chi connectivity index (χ2v) is 7.94. The Morgan fingerprint density at radius 3 is 2.71 bits per heavy atom. The van der Waals surface area contributed by atoms with E-state index in [0.29, 0.717) is 19.0 Å². The predicted molar refractivity (Wildman–Crippen MR) is 110 cm³/mol. The Bertz CT molecular complexity index is 847. The van der Waals surface area contributed by atoms with Gasteiger partial charge in [0.05, 0.1) is 6.04 Å². The van der Waals surface area contributed by atoms with Crippen LogP contribution < -0.4 is 0 Å². The number of fused-ring (bicyclic) bond motifs is 2. The lowest BCUT2D eigenvalue weighted by molar-refractivity contribution is -0.254. The van der Waals surface area contributed by atoms with Gasteiger partial charge in [-0.25, -0.2) is 5.06 Å². The number of carbonyl (C=O) groups excluding carboxylic acids is 1. The Labute approximate surface area is 167 Å². The van der Waals surface area contributed by atoms with E-state index >= 15 is 0 Å². The molecule has 1 amide bonds. The quantitative estimate of drug-likeness (QED) is 0.723. The van der Waals surface area contributed by atoms with E-state index in [0.717, 1.165) is 13.0 Å². The largest absolute Gasteiger partial charge is 0.273 e. The lowest BCUT2D eigenvalue weighted by atomic mass is 9.92. The van der Waals surface area contributed by atoms with E-state index in [2.05, 4.69) is 67.3 Å². The summed E-state index contributed by atoms with van der Waals surface area (Å²) >= 11 is 0. The van der Waals surface area contributed by atoms with Gasteiger partial charge in [-0.2, -0.15) is 0 Å². The summed E-state index contributed by atoms with van der Waals surface area (Å²) in [7, 11) is 0. The second-order valence-electron chi connectivity index (χ2n) is 7.94. The Kier molecular flexibility index (Phi) is 5.60. The van der Waals surface area contributed by atoms with Crippen LogP contribution in [0.2, 0.25) is 0 Å². The molecule has 28 heavy (non-hydrogen) atoms. The fourth-order valence-electron chi connectivity index (χ4n) is 4.00. The smallest absolute Gasteiger partial charge is 0.247 e. The van der Waals surface area contributed by atoms with Gasteiger partial charge in [0.25, 0.3) is 0 Å². The number of hydrogen-bond donors (Lipinski definition) is 0. The fraction of sp³-hybridized carbons (Fsp3) is 0.375. The molecule has 2 heterocycles. The van der Waals surface area contributed by atoms with Crippen LogP contribution in [0.15, 0.2) is 66.7 Å². The van der Waals surface area contributed by atoms with Crippen LogP contribution in [0, 0.1) is 0 Å². The third-order valence-corrected chi connectivity index (χ3v) is 5.60. The maximum absolute atomic E-state index is 12.7. The van der Waals surface area contributed by atoms with E-state index in [-0.39, 0.29) is 18.1 Å². The van der Waals surface area contributed by atoms with Crippen LogP contribution in [0.4, 0.5) is 0 Å². The zero-order valence-electron chi connectivity index (χ0n) is 16.6. The molecular formula is C24H28N2O2. The van der Waals surface area contributed by atoms with Crippen molar-refractivity contribution in [2.45, 2.75) is 44.8 Å². The molecule has 4 heteroatoms. The zero-order chi connectivity index (χ0) is 19.5. The number of carbonyl (C=O) groups is 1. The summed E-state index contributed by atoms with van der Waals surface area (Å²) in [4.78, 5) is 21.2. The molecule has 4 rings (SSSR count). The fourth-order valence-corrected chi connectivity index (χ4v) is 4.00. The summed E-state index contributed by atoms with van der Waals surface area (Å²) in [6.07, 6.45) is 5.30. The Balaban J connectivity index is 1.45. The third kappa shape index (κ3) is 4.03. The van der Waals surface area contributed by atoms with Gasteiger partial charge in [-0.1, -0.05) is 80.6 Å². The van der Waals surface area contributed by atoms with E-state index in [1.807, 2.05) is 18.2 Å². The first-order valence-corrected chi connectivity index (χ1v) is 10.1. The first-order valence-electron chi connectivity index (χ1n) is 10.1. The van der Waals surface area contributed by atoms with E-state index in [1.54, 1.807) is 5.06 Å². The standard InChI is InChI=1S/C24H28N2O2/c1-18(2)20-10-6-11-21(16-20)24-22-12-7-15-25(24)17-26(28-22)23(27)14-13-19-8-4-3-5-9-19/h3-12,16,18,22,24H,13-15,17H2,1-2H3/t22-,24?/m0/s1. The molecule has 0 spiro atoms. The van der Waals surface area contributed by atoms with Crippen LogP contribution in [0.1, 0.15) is 48.9 Å². The Morgan fingerprint density at radius 1 is 1.14 bits per heavy atom. The zero-order valence-corrected chi connectivity index (χ0v) is 16.6. The van der Waals surface area contributed by atoms with Gasteiger partial charge in [0.1, 0.15) is 12.8 Å². The summed E-state index contributed by atoms with van der Waals surface area (Å²) in [5.74, 6) is 0.537. The highest BCUT2D eigenvalue weighted by molar-refractivity contribution is 5.75. The Morgan fingerprint density at radius 2 is 1.96 bits per heavy atom. The number of rotatable bonds is 5. The molecule has 146 valence electrons. The van der Waals surface area contributed by atoms with Crippen molar-refractivity contribution in [1.29, 1.82) is 0 Å². The van der Waals surface area contributed by atoms with Gasteiger partial charge in [-0.15, -0.1) is 0 Å². The lowest BCUT2D eigenvalue weighted by Gasteiger charge is -2.46. The number of amides is 1. The molecule has 2 unspecified atom stereocenters. The summed E-state index contributed by atoms with van der Waals surface area (Å²) in [6.45, 7) is 5.76. The SMILES string of the molecule is CC(C)c1cccc(C2[C@@H]3C=CCN2CN(C(=O)CCc2ccccc2)O3)c1. The molecular weight excluding hydrogens is 348 g/mol. The number of hydroxylamine groups is 2. The predicted octanol–water partition coefficient (Wildman–Crippen LogP) is 4.46. The molecule has 2 aliphatic heterocycles. The van der Waals surface area contributed by atoms with Gasteiger partial charge < -0.3 is 0 Å². The van der Waals surface area contributed by atoms with Crippen molar-refractivity contribution in [3.63, 3.8) is 0 Å². The van der Waals surface area contributed by atoms with Crippen LogP contribution in [-0.4, -0.2) is 35.2 Å². The maximum Gasteiger partial charge on any atom is 0.247 e. The average molecular weight is 377 g/mol. The molecule has 2 aliphatic rings. The van der Waals surface area contributed by atoms with Crippen molar-refractivity contribution < 1.29 is 9.63 Å². The van der Waals surface area contributed by atoms with Crippen molar-refractivity contribution >= 4 is 5.91 Å². The van der Waals surface area contributed by atoms with Gasteiger partial charge in [0, 0.05) is 13.0 Å². The Hall–Kier alpha value is -2.43. The van der Waals surface area contributed by atoms with Crippen LogP contribution in [-0.2, 0) is 16.1 Å². The highest BCUT2D eigenvalue weighted by Gasteiger charge is 2.39. The molecule has 2 aromatic rings. The van der Waals surface area contributed by atoms with E-state index < -0.39 is 0 Å². The van der Waals surface area contributed by atoms with Crippen molar-refractivity contribution in [2.24, 2.45) is 0 Å². The number of aryl methyl sites for hydroxylation is 1. The van der Waals surface area contributed by atoms with Crippen molar-refractivity contribution in [3.05, 3.63) is 83.4 Å². The molecule has 4 nitrogen and oxygen atoms in total. The number of nitrogens with zero attached hydrogens (tertiary/aromatic N) is 2. The van der Waals surface area contributed by atoms with Gasteiger partial charge in [0.15, 0.2) is 0 Å². The van der Waals surface area contributed by atoms with Crippen LogP contribution in [0.5, 0.6) is 0 Å². The van der Waals surface area contributed by atoms with Gasteiger partial charge in [-0.3, -0.25) is 14.5 Å². The average Bonchev–Trinajstić information content (AvgIpc) is 2.72. The lowest BCUT2D eigenvalue weighted by Crippen LogP contribution is -2.55. The number of benzene rings is 2. The summed E-state index contributed by atoms with van der Waals surface area (Å²) < 4.78 is 0. The molecule has 1 fully saturated rings.